The average Bonchev–Trinajstić information content (AvgIpc) is 2.47. The van der Waals surface area contributed by atoms with Crippen LogP contribution in [0.25, 0.3) is 0 Å². The molecule has 0 saturated carbocycles. The van der Waals surface area contributed by atoms with E-state index >= 15 is 0 Å². The standard InChI is InChI=1S/C14H11N3O4/c1-9-7-12(17(20)21)15-8-11(9)14(19)16-13(18)10-5-3-2-4-6-10/h2-8H,1H3,(H,16,18,19). The number of rotatable bonds is 3. The van der Waals surface area contributed by atoms with Gasteiger partial charge in [-0.25, -0.2) is 0 Å². The molecule has 2 aromatic rings. The van der Waals surface area contributed by atoms with Gasteiger partial charge in [0, 0.05) is 11.6 Å². The zero-order valence-corrected chi connectivity index (χ0v) is 11.1. The van der Waals surface area contributed by atoms with Gasteiger partial charge in [0.2, 0.25) is 0 Å². The van der Waals surface area contributed by atoms with Crippen molar-refractivity contribution in [2.24, 2.45) is 0 Å². The molecule has 0 fully saturated rings. The van der Waals surface area contributed by atoms with E-state index in [4.69, 9.17) is 0 Å². The zero-order chi connectivity index (χ0) is 15.4. The number of hydrogen-bond donors (Lipinski definition) is 1. The predicted octanol–water partition coefficient (Wildman–Crippen LogP) is 1.87. The van der Waals surface area contributed by atoms with Gasteiger partial charge < -0.3 is 10.1 Å². The fourth-order valence-corrected chi connectivity index (χ4v) is 1.71. The van der Waals surface area contributed by atoms with Crippen molar-refractivity contribution in [1.82, 2.24) is 10.3 Å². The fraction of sp³-hybridized carbons (Fsp3) is 0.0714. The van der Waals surface area contributed by atoms with E-state index in [0.29, 0.717) is 11.1 Å². The second-order valence-corrected chi connectivity index (χ2v) is 4.26. The normalized spacial score (nSPS) is 9.95. The van der Waals surface area contributed by atoms with E-state index in [1.54, 1.807) is 30.3 Å². The van der Waals surface area contributed by atoms with Crippen LogP contribution in [-0.4, -0.2) is 21.7 Å². The maximum absolute atomic E-state index is 12.0. The molecule has 2 amide bonds. The Morgan fingerprint density at radius 1 is 1.19 bits per heavy atom. The van der Waals surface area contributed by atoms with Crippen LogP contribution in [-0.2, 0) is 0 Å². The highest BCUT2D eigenvalue weighted by Gasteiger charge is 2.18. The molecule has 0 aliphatic rings. The molecule has 0 bridgehead atoms. The molecule has 106 valence electrons. The first-order valence-corrected chi connectivity index (χ1v) is 6.01. The van der Waals surface area contributed by atoms with Gasteiger partial charge in [-0.05, 0) is 34.5 Å². The Labute approximate surface area is 119 Å². The van der Waals surface area contributed by atoms with Gasteiger partial charge in [0.25, 0.3) is 11.8 Å². The monoisotopic (exact) mass is 285 g/mol. The third-order valence-electron chi connectivity index (χ3n) is 2.79. The number of benzene rings is 1. The van der Waals surface area contributed by atoms with Crippen LogP contribution in [0.2, 0.25) is 0 Å². The second-order valence-electron chi connectivity index (χ2n) is 4.26. The summed E-state index contributed by atoms with van der Waals surface area (Å²) < 4.78 is 0. The quantitative estimate of drug-likeness (QED) is 0.527. The Kier molecular flexibility index (Phi) is 4.03. The molecule has 0 aliphatic carbocycles. The summed E-state index contributed by atoms with van der Waals surface area (Å²) in [5.41, 5.74) is 0.832. The van der Waals surface area contributed by atoms with Crippen LogP contribution in [0.15, 0.2) is 42.6 Å². The first kappa shape index (κ1) is 14.3. The number of carbonyl (C=O) groups is 2. The number of hydrogen-bond acceptors (Lipinski definition) is 5. The SMILES string of the molecule is Cc1cc([N+](=O)[O-])ncc1C(=O)NC(=O)c1ccccc1. The first-order valence-electron chi connectivity index (χ1n) is 6.01. The summed E-state index contributed by atoms with van der Waals surface area (Å²) in [6, 6.07) is 9.44. The number of nitrogens with one attached hydrogen (secondary N) is 1. The van der Waals surface area contributed by atoms with Crippen molar-refractivity contribution in [3.63, 3.8) is 0 Å². The molecule has 7 nitrogen and oxygen atoms in total. The van der Waals surface area contributed by atoms with Gasteiger partial charge in [0.15, 0.2) is 6.20 Å². The fourth-order valence-electron chi connectivity index (χ4n) is 1.71. The Balaban J connectivity index is 2.18. The van der Waals surface area contributed by atoms with Crippen molar-refractivity contribution in [3.8, 4) is 0 Å². The lowest BCUT2D eigenvalue weighted by atomic mass is 10.1. The molecule has 0 radical (unpaired) electrons. The van der Waals surface area contributed by atoms with Crippen molar-refractivity contribution in [2.75, 3.05) is 0 Å². The van der Waals surface area contributed by atoms with Crippen LogP contribution in [0.4, 0.5) is 5.82 Å². The average molecular weight is 285 g/mol. The van der Waals surface area contributed by atoms with E-state index in [1.165, 1.54) is 13.0 Å². The topological polar surface area (TPSA) is 102 Å². The molecule has 21 heavy (non-hydrogen) atoms. The summed E-state index contributed by atoms with van der Waals surface area (Å²) >= 11 is 0. The highest BCUT2D eigenvalue weighted by atomic mass is 16.6. The number of carbonyl (C=O) groups excluding carboxylic acids is 2. The molecule has 7 heteroatoms. The number of pyridine rings is 1. The van der Waals surface area contributed by atoms with Crippen LogP contribution in [0.5, 0.6) is 0 Å². The van der Waals surface area contributed by atoms with E-state index < -0.39 is 16.7 Å². The highest BCUT2D eigenvalue weighted by molar-refractivity contribution is 6.10. The van der Waals surface area contributed by atoms with E-state index in [0.717, 1.165) is 6.20 Å². The summed E-state index contributed by atoms with van der Waals surface area (Å²) in [6.45, 7) is 1.54. The largest absolute Gasteiger partial charge is 0.363 e. The minimum Gasteiger partial charge on any atom is -0.358 e. The Hall–Kier alpha value is -3.09. The van der Waals surface area contributed by atoms with Gasteiger partial charge in [0.1, 0.15) is 0 Å². The lowest BCUT2D eigenvalue weighted by Crippen LogP contribution is -2.31. The maximum Gasteiger partial charge on any atom is 0.363 e. The van der Waals surface area contributed by atoms with E-state index in [2.05, 4.69) is 10.3 Å². The van der Waals surface area contributed by atoms with Crippen LogP contribution in [0.1, 0.15) is 26.3 Å². The molecular weight excluding hydrogens is 274 g/mol. The van der Waals surface area contributed by atoms with Gasteiger partial charge in [-0.2, -0.15) is 0 Å². The van der Waals surface area contributed by atoms with E-state index in [-0.39, 0.29) is 11.4 Å². The predicted molar refractivity (Wildman–Crippen MR) is 73.9 cm³/mol. The first-order chi connectivity index (χ1) is 9.99. The van der Waals surface area contributed by atoms with Crippen LogP contribution in [0, 0.1) is 17.0 Å². The maximum atomic E-state index is 12.0. The molecule has 0 aliphatic heterocycles. The number of aromatic nitrogens is 1. The summed E-state index contributed by atoms with van der Waals surface area (Å²) in [4.78, 5) is 37.3. The summed E-state index contributed by atoms with van der Waals surface area (Å²) in [5, 5.41) is 12.8. The minimum absolute atomic E-state index is 0.116. The molecule has 1 N–H and O–H groups in total. The third kappa shape index (κ3) is 3.27. The van der Waals surface area contributed by atoms with Crippen molar-refractivity contribution in [2.45, 2.75) is 6.92 Å². The lowest BCUT2D eigenvalue weighted by molar-refractivity contribution is -0.389. The summed E-state index contributed by atoms with van der Waals surface area (Å²) in [7, 11) is 0. The molecular formula is C14H11N3O4. The highest BCUT2D eigenvalue weighted by Crippen LogP contribution is 2.13. The van der Waals surface area contributed by atoms with Crippen LogP contribution in [0.3, 0.4) is 0 Å². The lowest BCUT2D eigenvalue weighted by Gasteiger charge is -2.05. The summed E-state index contributed by atoms with van der Waals surface area (Å²) in [5.74, 6) is -1.54. The molecule has 1 aromatic heterocycles. The molecule has 1 aromatic carbocycles. The molecule has 1 heterocycles. The van der Waals surface area contributed by atoms with Gasteiger partial charge in [-0.1, -0.05) is 18.2 Å². The molecule has 2 rings (SSSR count). The zero-order valence-electron chi connectivity index (χ0n) is 11.1. The molecule has 0 atom stereocenters. The molecule has 0 spiro atoms. The number of imide groups is 1. The third-order valence-corrected chi connectivity index (χ3v) is 2.79. The smallest absolute Gasteiger partial charge is 0.358 e. The van der Waals surface area contributed by atoms with Gasteiger partial charge >= 0.3 is 5.82 Å². The Morgan fingerprint density at radius 2 is 1.86 bits per heavy atom. The van der Waals surface area contributed by atoms with Crippen LogP contribution >= 0.6 is 0 Å². The number of aryl methyl sites for hydroxylation is 1. The van der Waals surface area contributed by atoms with Crippen LogP contribution < -0.4 is 5.32 Å². The summed E-state index contributed by atoms with van der Waals surface area (Å²) in [6.07, 6.45) is 1.08. The van der Waals surface area contributed by atoms with Gasteiger partial charge in [-0.15, -0.1) is 0 Å². The molecule has 0 saturated heterocycles. The number of nitro groups is 1. The van der Waals surface area contributed by atoms with Gasteiger partial charge in [-0.3, -0.25) is 14.9 Å². The van der Waals surface area contributed by atoms with Crippen molar-refractivity contribution < 1.29 is 14.5 Å². The van der Waals surface area contributed by atoms with E-state index in [9.17, 15) is 19.7 Å². The van der Waals surface area contributed by atoms with E-state index in [1.807, 2.05) is 0 Å². The Bertz CT molecular complexity index is 713. The van der Waals surface area contributed by atoms with Crippen molar-refractivity contribution in [1.29, 1.82) is 0 Å². The number of amides is 2. The molecule has 0 unspecified atom stereocenters. The second kappa shape index (κ2) is 5.91. The van der Waals surface area contributed by atoms with Crippen molar-refractivity contribution in [3.05, 3.63) is 69.4 Å². The van der Waals surface area contributed by atoms with Crippen molar-refractivity contribution >= 4 is 17.6 Å². The van der Waals surface area contributed by atoms with Gasteiger partial charge in [0.05, 0.1) is 5.56 Å². The Morgan fingerprint density at radius 3 is 2.43 bits per heavy atom. The minimum atomic E-state index is -0.649. The number of nitrogens with zero attached hydrogens (tertiary/aromatic N) is 2.